The molecule has 1 aliphatic heterocycles. The number of hydrogen-bond acceptors (Lipinski definition) is 3. The minimum atomic E-state index is -3.29. The lowest BCUT2D eigenvalue weighted by atomic mass is 9.78. The number of nitrogens with one attached hydrogen (secondary N) is 1. The molecular formula is C22H25FN2O3S. The van der Waals surface area contributed by atoms with Gasteiger partial charge in [-0.1, -0.05) is 31.0 Å². The van der Waals surface area contributed by atoms with Crippen molar-refractivity contribution >= 4 is 21.6 Å². The molecule has 2 aliphatic rings. The standard InChI is InChI=1S/C22H25FN2O3S/c23-19-9-7-18(8-10-19)22(11-1-2-12-22)16-24-21(26)17-5-3-6-20(15-17)25-13-4-14-29(25,27)28/h3,5-10,15H,1-2,4,11-14,16H2,(H,24,26). The average molecular weight is 417 g/mol. The zero-order valence-electron chi connectivity index (χ0n) is 16.2. The Labute approximate surface area is 171 Å². The SMILES string of the molecule is O=C(NCC1(c2ccc(F)cc2)CCCC1)c1cccc(N2CCCS2(=O)=O)c1. The van der Waals surface area contributed by atoms with Crippen molar-refractivity contribution in [3.63, 3.8) is 0 Å². The molecule has 2 aromatic carbocycles. The molecule has 0 aromatic heterocycles. The van der Waals surface area contributed by atoms with Crippen molar-refractivity contribution in [2.24, 2.45) is 0 Å². The molecule has 4 rings (SSSR count). The lowest BCUT2D eigenvalue weighted by molar-refractivity contribution is 0.0943. The van der Waals surface area contributed by atoms with Crippen LogP contribution in [-0.2, 0) is 15.4 Å². The Morgan fingerprint density at radius 3 is 2.45 bits per heavy atom. The zero-order valence-corrected chi connectivity index (χ0v) is 17.1. The van der Waals surface area contributed by atoms with Gasteiger partial charge in [-0.3, -0.25) is 9.10 Å². The highest BCUT2D eigenvalue weighted by atomic mass is 32.2. The van der Waals surface area contributed by atoms with Crippen LogP contribution in [0.2, 0.25) is 0 Å². The lowest BCUT2D eigenvalue weighted by Gasteiger charge is -2.30. The number of nitrogens with zero attached hydrogens (tertiary/aromatic N) is 1. The van der Waals surface area contributed by atoms with Crippen molar-refractivity contribution in [2.75, 3.05) is 23.1 Å². The van der Waals surface area contributed by atoms with Crippen molar-refractivity contribution < 1.29 is 17.6 Å². The summed E-state index contributed by atoms with van der Waals surface area (Å²) in [6.07, 6.45) is 4.65. The van der Waals surface area contributed by atoms with Crippen molar-refractivity contribution in [2.45, 2.75) is 37.5 Å². The number of rotatable bonds is 5. The van der Waals surface area contributed by atoms with E-state index in [1.165, 1.54) is 16.4 Å². The van der Waals surface area contributed by atoms with E-state index in [9.17, 15) is 17.6 Å². The first-order chi connectivity index (χ1) is 13.9. The van der Waals surface area contributed by atoms with Gasteiger partial charge in [-0.05, 0) is 55.2 Å². The van der Waals surface area contributed by atoms with Crippen LogP contribution in [0.15, 0.2) is 48.5 Å². The smallest absolute Gasteiger partial charge is 0.251 e. The summed E-state index contributed by atoms with van der Waals surface area (Å²) in [6.45, 7) is 0.921. The van der Waals surface area contributed by atoms with Gasteiger partial charge in [0.15, 0.2) is 0 Å². The van der Waals surface area contributed by atoms with Gasteiger partial charge >= 0.3 is 0 Å². The summed E-state index contributed by atoms with van der Waals surface area (Å²) in [5.41, 5.74) is 1.84. The molecule has 0 atom stereocenters. The van der Waals surface area contributed by atoms with Crippen LogP contribution in [0.3, 0.4) is 0 Å². The number of carbonyl (C=O) groups excluding carboxylic acids is 1. The molecule has 0 spiro atoms. The zero-order chi connectivity index (χ0) is 20.5. The fourth-order valence-electron chi connectivity index (χ4n) is 4.51. The Bertz CT molecular complexity index is 999. The highest BCUT2D eigenvalue weighted by Crippen LogP contribution is 2.40. The third-order valence-electron chi connectivity index (χ3n) is 6.10. The highest BCUT2D eigenvalue weighted by molar-refractivity contribution is 7.93. The maximum absolute atomic E-state index is 13.3. The normalized spacial score (nSPS) is 20.0. The van der Waals surface area contributed by atoms with Gasteiger partial charge in [-0.25, -0.2) is 12.8 Å². The summed E-state index contributed by atoms with van der Waals surface area (Å²) < 4.78 is 39.0. The van der Waals surface area contributed by atoms with Crippen LogP contribution in [0.25, 0.3) is 0 Å². The van der Waals surface area contributed by atoms with Gasteiger partial charge in [-0.15, -0.1) is 0 Å². The summed E-state index contributed by atoms with van der Waals surface area (Å²) in [7, 11) is -3.29. The molecule has 2 fully saturated rings. The van der Waals surface area contributed by atoms with E-state index in [0.717, 1.165) is 31.2 Å². The molecule has 1 heterocycles. The van der Waals surface area contributed by atoms with E-state index in [0.29, 0.717) is 30.8 Å². The van der Waals surface area contributed by atoms with Crippen LogP contribution in [0, 0.1) is 5.82 Å². The van der Waals surface area contributed by atoms with Crippen molar-refractivity contribution in [1.82, 2.24) is 5.32 Å². The number of sulfonamides is 1. The predicted octanol–water partition coefficient (Wildman–Crippen LogP) is 3.61. The fraction of sp³-hybridized carbons (Fsp3) is 0.409. The summed E-state index contributed by atoms with van der Waals surface area (Å²) >= 11 is 0. The van der Waals surface area contributed by atoms with Gasteiger partial charge in [0.05, 0.1) is 11.4 Å². The lowest BCUT2D eigenvalue weighted by Crippen LogP contribution is -2.39. The first-order valence-electron chi connectivity index (χ1n) is 10.0. The number of carbonyl (C=O) groups is 1. The van der Waals surface area contributed by atoms with E-state index in [2.05, 4.69) is 5.32 Å². The first kappa shape index (κ1) is 19.9. The van der Waals surface area contributed by atoms with E-state index in [1.807, 2.05) is 12.1 Å². The number of halogens is 1. The predicted molar refractivity (Wildman–Crippen MR) is 111 cm³/mol. The van der Waals surface area contributed by atoms with Gasteiger partial charge < -0.3 is 5.32 Å². The Morgan fingerprint density at radius 2 is 1.79 bits per heavy atom. The van der Waals surface area contributed by atoms with Crippen molar-refractivity contribution in [3.05, 3.63) is 65.5 Å². The quantitative estimate of drug-likeness (QED) is 0.810. The maximum Gasteiger partial charge on any atom is 0.251 e. The monoisotopic (exact) mass is 416 g/mol. The Hall–Kier alpha value is -2.41. The van der Waals surface area contributed by atoms with Crippen LogP contribution in [0.1, 0.15) is 48.0 Å². The van der Waals surface area contributed by atoms with Crippen LogP contribution in [0.5, 0.6) is 0 Å². The van der Waals surface area contributed by atoms with Crippen LogP contribution >= 0.6 is 0 Å². The molecule has 1 amide bonds. The summed E-state index contributed by atoms with van der Waals surface area (Å²) in [5.74, 6) is -0.347. The minimum absolute atomic E-state index is 0.142. The average Bonchev–Trinajstić information content (AvgIpc) is 3.33. The topological polar surface area (TPSA) is 66.5 Å². The number of anilines is 1. The van der Waals surface area contributed by atoms with E-state index >= 15 is 0 Å². The summed E-state index contributed by atoms with van der Waals surface area (Å²) in [4.78, 5) is 12.8. The van der Waals surface area contributed by atoms with E-state index in [4.69, 9.17) is 0 Å². The Kier molecular flexibility index (Phi) is 5.34. The molecule has 1 saturated heterocycles. The second-order valence-corrected chi connectivity index (χ2v) is 9.98. The number of amides is 1. The largest absolute Gasteiger partial charge is 0.351 e. The second-order valence-electron chi connectivity index (χ2n) is 7.97. The van der Waals surface area contributed by atoms with Gasteiger partial charge in [-0.2, -0.15) is 0 Å². The molecular weight excluding hydrogens is 391 g/mol. The van der Waals surface area contributed by atoms with Gasteiger partial charge in [0, 0.05) is 24.1 Å². The number of benzene rings is 2. The Morgan fingerprint density at radius 1 is 1.07 bits per heavy atom. The Balaban J connectivity index is 1.50. The van der Waals surface area contributed by atoms with Crippen LogP contribution in [0.4, 0.5) is 10.1 Å². The van der Waals surface area contributed by atoms with Gasteiger partial charge in [0.2, 0.25) is 10.0 Å². The molecule has 29 heavy (non-hydrogen) atoms. The van der Waals surface area contributed by atoms with Gasteiger partial charge in [0.1, 0.15) is 5.82 Å². The molecule has 154 valence electrons. The molecule has 0 unspecified atom stereocenters. The van der Waals surface area contributed by atoms with E-state index < -0.39 is 10.0 Å². The van der Waals surface area contributed by atoms with E-state index in [1.54, 1.807) is 24.3 Å². The molecule has 5 nitrogen and oxygen atoms in total. The third-order valence-corrected chi connectivity index (χ3v) is 7.97. The molecule has 1 aliphatic carbocycles. The minimum Gasteiger partial charge on any atom is -0.351 e. The molecule has 0 bridgehead atoms. The van der Waals surface area contributed by atoms with Crippen molar-refractivity contribution in [3.8, 4) is 0 Å². The summed E-state index contributed by atoms with van der Waals surface area (Å²) in [6, 6.07) is 13.3. The fourth-order valence-corrected chi connectivity index (χ4v) is 6.06. The molecule has 7 heteroatoms. The molecule has 0 radical (unpaired) electrons. The van der Waals surface area contributed by atoms with E-state index in [-0.39, 0.29) is 22.9 Å². The second kappa shape index (κ2) is 7.78. The van der Waals surface area contributed by atoms with Crippen LogP contribution < -0.4 is 9.62 Å². The molecule has 1 N–H and O–H groups in total. The van der Waals surface area contributed by atoms with Gasteiger partial charge in [0.25, 0.3) is 5.91 Å². The first-order valence-corrected chi connectivity index (χ1v) is 11.7. The maximum atomic E-state index is 13.3. The summed E-state index contributed by atoms with van der Waals surface area (Å²) in [5, 5.41) is 3.03. The molecule has 2 aromatic rings. The van der Waals surface area contributed by atoms with Crippen LogP contribution in [-0.4, -0.2) is 33.2 Å². The number of hydrogen-bond donors (Lipinski definition) is 1. The van der Waals surface area contributed by atoms with Crippen molar-refractivity contribution in [1.29, 1.82) is 0 Å². The highest BCUT2D eigenvalue weighted by Gasteiger charge is 2.36. The third kappa shape index (κ3) is 4.01. The molecule has 1 saturated carbocycles.